The predicted octanol–water partition coefficient (Wildman–Crippen LogP) is 2.41. The van der Waals surface area contributed by atoms with E-state index in [2.05, 4.69) is 15.9 Å². The Balaban J connectivity index is 2.18. The molecule has 2 rings (SSSR count). The lowest BCUT2D eigenvalue weighted by atomic mass is 10.1. The summed E-state index contributed by atoms with van der Waals surface area (Å²) in [4.78, 5) is 11.0. The molecule has 1 atom stereocenters. The van der Waals surface area contributed by atoms with Gasteiger partial charge >= 0.3 is 5.97 Å². The van der Waals surface area contributed by atoms with Crippen molar-refractivity contribution in [3.63, 3.8) is 0 Å². The molecule has 0 spiro atoms. The van der Waals surface area contributed by atoms with Crippen LogP contribution in [-0.4, -0.2) is 19.4 Å². The minimum absolute atomic E-state index is 0.227. The molecule has 0 bridgehead atoms. The molecule has 16 heavy (non-hydrogen) atoms. The first-order chi connectivity index (χ1) is 7.72. The molecule has 0 saturated heterocycles. The van der Waals surface area contributed by atoms with Gasteiger partial charge in [-0.05, 0) is 24.6 Å². The molecule has 0 aliphatic carbocycles. The van der Waals surface area contributed by atoms with Crippen LogP contribution in [0.2, 0.25) is 0 Å². The summed E-state index contributed by atoms with van der Waals surface area (Å²) in [6.45, 7) is 2.37. The highest BCUT2D eigenvalue weighted by atomic mass is 79.9. The lowest BCUT2D eigenvalue weighted by Gasteiger charge is -2.09. The molecule has 1 aliphatic heterocycles. The van der Waals surface area contributed by atoms with Gasteiger partial charge in [0, 0.05) is 0 Å². The highest BCUT2D eigenvalue weighted by Crippen LogP contribution is 2.36. The van der Waals surface area contributed by atoms with Gasteiger partial charge in [0.1, 0.15) is 4.83 Å². The van der Waals surface area contributed by atoms with E-state index in [1.54, 1.807) is 19.1 Å². The smallest absolute Gasteiger partial charge is 0.324 e. The zero-order valence-electron chi connectivity index (χ0n) is 8.73. The third kappa shape index (κ3) is 2.14. The average Bonchev–Trinajstić information content (AvgIpc) is 2.75. The van der Waals surface area contributed by atoms with E-state index in [9.17, 15) is 4.79 Å². The highest BCUT2D eigenvalue weighted by Gasteiger charge is 2.21. The minimum atomic E-state index is -0.470. The molecule has 0 fully saturated rings. The van der Waals surface area contributed by atoms with Crippen molar-refractivity contribution in [2.24, 2.45) is 0 Å². The van der Waals surface area contributed by atoms with Crippen LogP contribution < -0.4 is 9.47 Å². The van der Waals surface area contributed by atoms with E-state index in [1.165, 1.54) is 0 Å². The van der Waals surface area contributed by atoms with E-state index in [0.717, 1.165) is 5.56 Å². The van der Waals surface area contributed by atoms with Crippen molar-refractivity contribution in [2.75, 3.05) is 13.4 Å². The van der Waals surface area contributed by atoms with Gasteiger partial charge in [0.15, 0.2) is 11.5 Å². The quantitative estimate of drug-likeness (QED) is 0.632. The Morgan fingerprint density at radius 2 is 2.25 bits per heavy atom. The molecular formula is C11H11BrO4. The van der Waals surface area contributed by atoms with Gasteiger partial charge in [-0.1, -0.05) is 22.0 Å². The van der Waals surface area contributed by atoms with Crippen LogP contribution in [0.4, 0.5) is 0 Å². The molecule has 86 valence electrons. The van der Waals surface area contributed by atoms with Crippen LogP contribution in [0.3, 0.4) is 0 Å². The normalized spacial score (nSPS) is 14.6. The maximum atomic E-state index is 11.5. The SMILES string of the molecule is CCOC(=O)C(Br)c1ccc2c(c1)OCO2. The number of esters is 1. The Morgan fingerprint density at radius 3 is 3.00 bits per heavy atom. The number of hydrogen-bond acceptors (Lipinski definition) is 4. The third-order valence-corrected chi connectivity index (χ3v) is 3.09. The number of carbonyl (C=O) groups is 1. The standard InChI is InChI=1S/C11H11BrO4/c1-2-14-11(13)10(12)7-3-4-8-9(5-7)16-6-15-8/h3-5,10H,2,6H2,1H3. The second-order valence-electron chi connectivity index (χ2n) is 3.23. The molecule has 0 saturated carbocycles. The van der Waals surface area contributed by atoms with Crippen LogP contribution in [0, 0.1) is 0 Å². The van der Waals surface area contributed by atoms with E-state index in [-0.39, 0.29) is 12.8 Å². The van der Waals surface area contributed by atoms with Crippen molar-refractivity contribution in [2.45, 2.75) is 11.8 Å². The summed E-state index contributed by atoms with van der Waals surface area (Å²) >= 11 is 3.29. The Bertz CT molecular complexity index is 405. The molecule has 0 N–H and O–H groups in total. The number of carbonyl (C=O) groups excluding carboxylic acids is 1. The topological polar surface area (TPSA) is 44.8 Å². The Hall–Kier alpha value is -1.23. The minimum Gasteiger partial charge on any atom is -0.465 e. The second-order valence-corrected chi connectivity index (χ2v) is 4.14. The lowest BCUT2D eigenvalue weighted by Crippen LogP contribution is -2.10. The largest absolute Gasteiger partial charge is 0.465 e. The molecule has 0 aromatic heterocycles. The first-order valence-corrected chi connectivity index (χ1v) is 5.84. The van der Waals surface area contributed by atoms with Gasteiger partial charge in [-0.15, -0.1) is 0 Å². The number of rotatable bonds is 3. The number of fused-ring (bicyclic) bond motifs is 1. The Labute approximate surface area is 102 Å². The molecule has 1 heterocycles. The van der Waals surface area contributed by atoms with Gasteiger partial charge in [0.2, 0.25) is 6.79 Å². The lowest BCUT2D eigenvalue weighted by molar-refractivity contribution is -0.142. The molecule has 1 aliphatic rings. The van der Waals surface area contributed by atoms with Crippen molar-refractivity contribution in [1.29, 1.82) is 0 Å². The maximum Gasteiger partial charge on any atom is 0.324 e. The fourth-order valence-corrected chi connectivity index (χ4v) is 1.84. The van der Waals surface area contributed by atoms with Gasteiger partial charge in [-0.2, -0.15) is 0 Å². The summed E-state index contributed by atoms with van der Waals surface area (Å²) in [5.74, 6) is 1.06. The zero-order chi connectivity index (χ0) is 11.5. The number of benzene rings is 1. The average molecular weight is 287 g/mol. The van der Waals surface area contributed by atoms with Gasteiger partial charge in [-0.3, -0.25) is 4.79 Å². The predicted molar refractivity (Wildman–Crippen MR) is 60.9 cm³/mol. The number of halogens is 1. The van der Waals surface area contributed by atoms with E-state index in [1.807, 2.05) is 6.07 Å². The van der Waals surface area contributed by atoms with Crippen LogP contribution in [0.5, 0.6) is 11.5 Å². The molecule has 1 aromatic rings. The van der Waals surface area contributed by atoms with Crippen molar-refractivity contribution >= 4 is 21.9 Å². The van der Waals surface area contributed by atoms with Gasteiger partial charge in [-0.25, -0.2) is 0 Å². The first-order valence-electron chi connectivity index (χ1n) is 4.92. The summed E-state index contributed by atoms with van der Waals surface area (Å²) in [5.41, 5.74) is 0.794. The van der Waals surface area contributed by atoms with Crippen molar-refractivity contribution in [1.82, 2.24) is 0 Å². The van der Waals surface area contributed by atoms with Crippen LogP contribution in [-0.2, 0) is 9.53 Å². The molecular weight excluding hydrogens is 276 g/mol. The summed E-state index contributed by atoms with van der Waals surface area (Å²) in [5, 5.41) is 0. The third-order valence-electron chi connectivity index (χ3n) is 2.18. The molecule has 5 heteroatoms. The fourth-order valence-electron chi connectivity index (χ4n) is 1.42. The van der Waals surface area contributed by atoms with Crippen molar-refractivity contribution in [3.8, 4) is 11.5 Å². The Morgan fingerprint density at radius 1 is 1.50 bits per heavy atom. The van der Waals surface area contributed by atoms with Crippen LogP contribution in [0.25, 0.3) is 0 Å². The molecule has 0 amide bonds. The molecule has 1 aromatic carbocycles. The van der Waals surface area contributed by atoms with Crippen LogP contribution in [0.1, 0.15) is 17.3 Å². The highest BCUT2D eigenvalue weighted by molar-refractivity contribution is 9.09. The molecule has 1 unspecified atom stereocenters. The van der Waals surface area contributed by atoms with Crippen LogP contribution >= 0.6 is 15.9 Å². The Kier molecular flexibility index (Phi) is 3.33. The van der Waals surface area contributed by atoms with Gasteiger partial charge in [0.25, 0.3) is 0 Å². The summed E-state index contributed by atoms with van der Waals surface area (Å²) in [6, 6.07) is 5.37. The summed E-state index contributed by atoms with van der Waals surface area (Å²) in [7, 11) is 0. The van der Waals surface area contributed by atoms with Gasteiger partial charge < -0.3 is 14.2 Å². The first kappa shape index (κ1) is 11.3. The van der Waals surface area contributed by atoms with E-state index >= 15 is 0 Å². The second kappa shape index (κ2) is 4.74. The van der Waals surface area contributed by atoms with Gasteiger partial charge in [0.05, 0.1) is 6.61 Å². The van der Waals surface area contributed by atoms with E-state index in [0.29, 0.717) is 18.1 Å². The van der Waals surface area contributed by atoms with Crippen LogP contribution in [0.15, 0.2) is 18.2 Å². The van der Waals surface area contributed by atoms with Crippen molar-refractivity contribution < 1.29 is 19.0 Å². The number of alkyl halides is 1. The zero-order valence-corrected chi connectivity index (χ0v) is 10.3. The van der Waals surface area contributed by atoms with E-state index < -0.39 is 4.83 Å². The number of ether oxygens (including phenoxy) is 3. The van der Waals surface area contributed by atoms with E-state index in [4.69, 9.17) is 14.2 Å². The number of hydrogen-bond donors (Lipinski definition) is 0. The molecule has 0 radical (unpaired) electrons. The maximum absolute atomic E-state index is 11.5. The summed E-state index contributed by atoms with van der Waals surface area (Å²) < 4.78 is 15.3. The fraction of sp³-hybridized carbons (Fsp3) is 0.364. The monoisotopic (exact) mass is 286 g/mol. The summed E-state index contributed by atoms with van der Waals surface area (Å²) in [6.07, 6.45) is 0. The molecule has 4 nitrogen and oxygen atoms in total. The van der Waals surface area contributed by atoms with Crippen molar-refractivity contribution in [3.05, 3.63) is 23.8 Å².